The second kappa shape index (κ2) is 10.5. The lowest BCUT2D eigenvalue weighted by Crippen LogP contribution is -2.15. The largest absolute Gasteiger partial charge is 0.490 e. The van der Waals surface area contributed by atoms with Crippen molar-refractivity contribution in [2.24, 2.45) is 0 Å². The van der Waals surface area contributed by atoms with Crippen molar-refractivity contribution in [1.82, 2.24) is 0 Å². The van der Waals surface area contributed by atoms with Crippen LogP contribution in [-0.4, -0.2) is 18.7 Å². The quantitative estimate of drug-likeness (QED) is 0.374. The number of rotatable bonds is 9. The lowest BCUT2D eigenvalue weighted by atomic mass is 10.1. The normalized spacial score (nSPS) is 12.3. The second-order valence-corrected chi connectivity index (χ2v) is 5.43. The van der Waals surface area contributed by atoms with Gasteiger partial charge in [0.1, 0.15) is 5.75 Å². The molecule has 0 aliphatic heterocycles. The molecule has 3 heteroatoms. The number of carbonyl (C=O) groups is 1. The van der Waals surface area contributed by atoms with Crippen LogP contribution in [0.1, 0.15) is 56.8 Å². The Morgan fingerprint density at radius 1 is 1.30 bits per heavy atom. The number of carbonyl (C=O) groups excluding carboxylic acids is 1. The predicted molar refractivity (Wildman–Crippen MR) is 93.5 cm³/mol. The molecule has 1 aromatic carbocycles. The number of hydrogen-bond donors (Lipinski definition) is 0. The molecule has 0 heterocycles. The van der Waals surface area contributed by atoms with Crippen molar-refractivity contribution < 1.29 is 14.3 Å². The standard InChI is InChI=1S/C20H26O3/c1-5-15-22-20(21)17-11-13-19(14-12-17)23-18(7-3)10-8-9-16(4)6-2/h1,9,11-14,18H,6-8,10,15H2,2-4H3/b16-9+. The minimum Gasteiger partial charge on any atom is -0.490 e. The first-order valence-corrected chi connectivity index (χ1v) is 8.13. The van der Waals surface area contributed by atoms with Crippen LogP contribution in [-0.2, 0) is 4.74 Å². The Hall–Kier alpha value is -2.21. The molecule has 1 rings (SSSR count). The molecular formula is C20H26O3. The van der Waals surface area contributed by atoms with E-state index in [4.69, 9.17) is 15.9 Å². The molecule has 0 aliphatic rings. The van der Waals surface area contributed by atoms with Crippen LogP contribution in [0.4, 0.5) is 0 Å². The van der Waals surface area contributed by atoms with E-state index in [0.717, 1.165) is 31.4 Å². The van der Waals surface area contributed by atoms with E-state index < -0.39 is 5.97 Å². The van der Waals surface area contributed by atoms with Crippen molar-refractivity contribution in [3.05, 3.63) is 41.5 Å². The highest BCUT2D eigenvalue weighted by molar-refractivity contribution is 5.89. The van der Waals surface area contributed by atoms with Crippen molar-refractivity contribution in [2.45, 2.75) is 52.6 Å². The molecule has 1 aromatic rings. The van der Waals surface area contributed by atoms with Gasteiger partial charge >= 0.3 is 5.97 Å². The molecular weight excluding hydrogens is 288 g/mol. The summed E-state index contributed by atoms with van der Waals surface area (Å²) < 4.78 is 10.9. The molecule has 0 spiro atoms. The molecule has 0 fully saturated rings. The Morgan fingerprint density at radius 3 is 2.57 bits per heavy atom. The first-order valence-electron chi connectivity index (χ1n) is 8.13. The average Bonchev–Trinajstić information content (AvgIpc) is 2.59. The van der Waals surface area contributed by atoms with E-state index in [-0.39, 0.29) is 12.7 Å². The summed E-state index contributed by atoms with van der Waals surface area (Å²) in [6, 6.07) is 6.98. The maximum absolute atomic E-state index is 11.7. The molecule has 0 radical (unpaired) electrons. The lowest BCUT2D eigenvalue weighted by Gasteiger charge is -2.17. The molecule has 124 valence electrons. The van der Waals surface area contributed by atoms with E-state index in [9.17, 15) is 4.79 Å². The molecule has 0 aliphatic carbocycles. The third-order valence-electron chi connectivity index (χ3n) is 3.67. The van der Waals surface area contributed by atoms with Gasteiger partial charge in [-0.15, -0.1) is 6.42 Å². The van der Waals surface area contributed by atoms with Crippen molar-refractivity contribution in [3.8, 4) is 18.1 Å². The van der Waals surface area contributed by atoms with Gasteiger partial charge in [0.05, 0.1) is 11.7 Å². The fourth-order valence-corrected chi connectivity index (χ4v) is 2.06. The zero-order chi connectivity index (χ0) is 17.1. The highest BCUT2D eigenvalue weighted by atomic mass is 16.5. The third kappa shape index (κ3) is 7.06. The van der Waals surface area contributed by atoms with Crippen molar-refractivity contribution in [3.63, 3.8) is 0 Å². The van der Waals surface area contributed by atoms with Gasteiger partial charge in [-0.25, -0.2) is 4.79 Å². The minimum absolute atomic E-state index is 0.0142. The van der Waals surface area contributed by atoms with Crippen molar-refractivity contribution in [1.29, 1.82) is 0 Å². The zero-order valence-electron chi connectivity index (χ0n) is 14.3. The molecule has 1 unspecified atom stereocenters. The molecule has 0 saturated heterocycles. The average molecular weight is 314 g/mol. The van der Waals surface area contributed by atoms with E-state index in [1.165, 1.54) is 5.57 Å². The molecule has 0 saturated carbocycles. The van der Waals surface area contributed by atoms with E-state index in [1.54, 1.807) is 24.3 Å². The molecule has 23 heavy (non-hydrogen) atoms. The zero-order valence-corrected chi connectivity index (χ0v) is 14.3. The van der Waals surface area contributed by atoms with Crippen LogP contribution in [0.2, 0.25) is 0 Å². The Labute approximate surface area is 139 Å². The summed E-state index contributed by atoms with van der Waals surface area (Å²) in [6.45, 7) is 6.42. The van der Waals surface area contributed by atoms with Gasteiger partial charge in [-0.1, -0.05) is 31.4 Å². The SMILES string of the molecule is C#CCOC(=O)c1ccc(OC(CC)CC/C=C(\C)CC)cc1. The molecule has 0 amide bonds. The van der Waals surface area contributed by atoms with Gasteiger partial charge in [0, 0.05) is 0 Å². The fourth-order valence-electron chi connectivity index (χ4n) is 2.06. The predicted octanol–water partition coefficient (Wildman–Crippen LogP) is 4.77. The fraction of sp³-hybridized carbons (Fsp3) is 0.450. The molecule has 3 nitrogen and oxygen atoms in total. The summed E-state index contributed by atoms with van der Waals surface area (Å²) in [7, 11) is 0. The first-order chi connectivity index (χ1) is 11.1. The van der Waals surface area contributed by atoms with Gasteiger partial charge in [-0.3, -0.25) is 0 Å². The Morgan fingerprint density at radius 2 is 2.00 bits per heavy atom. The Bertz CT molecular complexity index is 549. The second-order valence-electron chi connectivity index (χ2n) is 5.43. The maximum atomic E-state index is 11.7. The third-order valence-corrected chi connectivity index (χ3v) is 3.67. The number of hydrogen-bond acceptors (Lipinski definition) is 3. The van der Waals surface area contributed by atoms with Gasteiger partial charge < -0.3 is 9.47 Å². The Kier molecular flexibility index (Phi) is 8.60. The first kappa shape index (κ1) is 18.8. The Balaban J connectivity index is 2.55. The van der Waals surface area contributed by atoms with E-state index in [1.807, 2.05) is 0 Å². The van der Waals surface area contributed by atoms with E-state index >= 15 is 0 Å². The molecule has 0 aromatic heterocycles. The van der Waals surface area contributed by atoms with Crippen molar-refractivity contribution >= 4 is 5.97 Å². The van der Waals surface area contributed by atoms with Gasteiger partial charge in [-0.05, 0) is 56.9 Å². The number of allylic oxidation sites excluding steroid dienone is 2. The topological polar surface area (TPSA) is 35.5 Å². The van der Waals surface area contributed by atoms with Crippen LogP contribution >= 0.6 is 0 Å². The number of terminal acetylenes is 1. The highest BCUT2D eigenvalue weighted by Crippen LogP contribution is 2.18. The lowest BCUT2D eigenvalue weighted by molar-refractivity contribution is 0.0556. The van der Waals surface area contributed by atoms with Crippen LogP contribution in [0, 0.1) is 12.3 Å². The summed E-state index contributed by atoms with van der Waals surface area (Å²) in [5.41, 5.74) is 1.89. The van der Waals surface area contributed by atoms with Crippen LogP contribution in [0.5, 0.6) is 5.75 Å². The number of ether oxygens (including phenoxy) is 2. The van der Waals surface area contributed by atoms with Gasteiger partial charge in [-0.2, -0.15) is 0 Å². The number of benzene rings is 1. The summed E-state index contributed by atoms with van der Waals surface area (Å²) >= 11 is 0. The molecule has 0 N–H and O–H groups in total. The van der Waals surface area contributed by atoms with Crippen LogP contribution < -0.4 is 4.74 Å². The van der Waals surface area contributed by atoms with E-state index in [2.05, 4.69) is 32.8 Å². The summed E-state index contributed by atoms with van der Waals surface area (Å²) in [5.74, 6) is 2.62. The van der Waals surface area contributed by atoms with Crippen LogP contribution in [0.3, 0.4) is 0 Å². The van der Waals surface area contributed by atoms with Crippen LogP contribution in [0.25, 0.3) is 0 Å². The van der Waals surface area contributed by atoms with Gasteiger partial charge in [0.15, 0.2) is 6.61 Å². The van der Waals surface area contributed by atoms with Crippen LogP contribution in [0.15, 0.2) is 35.9 Å². The maximum Gasteiger partial charge on any atom is 0.339 e. The minimum atomic E-state index is -0.415. The monoisotopic (exact) mass is 314 g/mol. The summed E-state index contributed by atoms with van der Waals surface area (Å²) in [5, 5.41) is 0. The smallest absolute Gasteiger partial charge is 0.339 e. The summed E-state index contributed by atoms with van der Waals surface area (Å²) in [6.07, 6.45) is 11.6. The van der Waals surface area contributed by atoms with Gasteiger partial charge in [0.2, 0.25) is 0 Å². The summed E-state index contributed by atoms with van der Waals surface area (Å²) in [4.78, 5) is 11.7. The van der Waals surface area contributed by atoms with Crippen molar-refractivity contribution in [2.75, 3.05) is 6.61 Å². The van der Waals surface area contributed by atoms with Gasteiger partial charge in [0.25, 0.3) is 0 Å². The molecule has 1 atom stereocenters. The molecule has 0 bridgehead atoms. The highest BCUT2D eigenvalue weighted by Gasteiger charge is 2.10. The number of esters is 1. The van der Waals surface area contributed by atoms with E-state index in [0.29, 0.717) is 5.56 Å².